The first-order valence-corrected chi connectivity index (χ1v) is 4.65. The molecule has 0 heterocycles. The van der Waals surface area contributed by atoms with Crippen LogP contribution in [-0.2, 0) is 0 Å². The zero-order valence-electron chi connectivity index (χ0n) is 7.34. The third-order valence-corrected chi connectivity index (χ3v) is 2.60. The molecule has 0 aromatic rings. The third-order valence-electron chi connectivity index (χ3n) is 2.60. The Hall–Kier alpha value is -0.530. The van der Waals surface area contributed by atoms with Crippen molar-refractivity contribution >= 4 is 5.71 Å². The summed E-state index contributed by atoms with van der Waals surface area (Å²) < 4.78 is 0. The maximum Gasteiger partial charge on any atom is 0.0404 e. The fourth-order valence-electron chi connectivity index (χ4n) is 1.92. The van der Waals surface area contributed by atoms with E-state index in [1.807, 2.05) is 0 Å². The Morgan fingerprint density at radius 2 is 2.00 bits per heavy atom. The molecule has 1 aliphatic rings. The number of rotatable bonds is 2. The van der Waals surface area contributed by atoms with Gasteiger partial charge in [-0.1, -0.05) is 26.2 Å². The highest BCUT2D eigenvalue weighted by Crippen LogP contribution is 2.25. The van der Waals surface area contributed by atoms with E-state index in [9.17, 15) is 0 Å². The molecule has 0 radical (unpaired) electrons. The van der Waals surface area contributed by atoms with Crippen molar-refractivity contribution in [2.45, 2.75) is 45.4 Å². The normalized spacial score (nSPS) is 22.1. The Balaban J connectivity index is 2.43. The van der Waals surface area contributed by atoms with Gasteiger partial charge in [0, 0.05) is 5.71 Å². The zero-order valence-corrected chi connectivity index (χ0v) is 7.34. The molecule has 2 N–H and O–H groups in total. The first kappa shape index (κ1) is 8.57. The summed E-state index contributed by atoms with van der Waals surface area (Å²) in [6.45, 7) is 2.14. The molecule has 1 fully saturated rings. The van der Waals surface area contributed by atoms with E-state index in [-0.39, 0.29) is 0 Å². The third kappa shape index (κ3) is 2.21. The monoisotopic (exact) mass is 154 g/mol. The largest absolute Gasteiger partial charge is 0.323 e. The Morgan fingerprint density at radius 3 is 2.45 bits per heavy atom. The highest BCUT2D eigenvalue weighted by Gasteiger charge is 2.17. The molecule has 1 saturated carbocycles. The quantitative estimate of drug-likeness (QED) is 0.370. The molecule has 1 rings (SSSR count). The second-order valence-electron chi connectivity index (χ2n) is 3.31. The maximum absolute atomic E-state index is 5.30. The fourth-order valence-corrected chi connectivity index (χ4v) is 1.92. The van der Waals surface area contributed by atoms with Crippen molar-refractivity contribution in [3.8, 4) is 0 Å². The predicted octanol–water partition coefficient (Wildman–Crippen LogP) is 2.29. The minimum Gasteiger partial charge on any atom is -0.323 e. The van der Waals surface area contributed by atoms with E-state index >= 15 is 0 Å². The lowest BCUT2D eigenvalue weighted by Gasteiger charge is -2.21. The van der Waals surface area contributed by atoms with E-state index in [0.29, 0.717) is 5.92 Å². The van der Waals surface area contributed by atoms with Crippen molar-refractivity contribution in [1.29, 1.82) is 0 Å². The molecule has 0 aromatic heterocycles. The van der Waals surface area contributed by atoms with E-state index in [4.69, 9.17) is 5.84 Å². The Bertz CT molecular complexity index is 134. The van der Waals surface area contributed by atoms with Crippen LogP contribution in [0.3, 0.4) is 0 Å². The summed E-state index contributed by atoms with van der Waals surface area (Å²) in [6, 6.07) is 0. The average molecular weight is 154 g/mol. The van der Waals surface area contributed by atoms with Gasteiger partial charge in [0.05, 0.1) is 0 Å². The van der Waals surface area contributed by atoms with Crippen LogP contribution >= 0.6 is 0 Å². The van der Waals surface area contributed by atoms with Crippen LogP contribution in [0.1, 0.15) is 45.4 Å². The van der Waals surface area contributed by atoms with Gasteiger partial charge in [0.1, 0.15) is 0 Å². The molecule has 0 aliphatic heterocycles. The van der Waals surface area contributed by atoms with E-state index in [0.717, 1.165) is 6.42 Å². The van der Waals surface area contributed by atoms with Crippen LogP contribution in [0.4, 0.5) is 0 Å². The van der Waals surface area contributed by atoms with Gasteiger partial charge in [-0.15, -0.1) is 0 Å². The summed E-state index contributed by atoms with van der Waals surface area (Å²) in [5.74, 6) is 6.01. The summed E-state index contributed by atoms with van der Waals surface area (Å²) in [4.78, 5) is 0. The number of hydrazone groups is 1. The average Bonchev–Trinajstić information content (AvgIpc) is 2.09. The zero-order chi connectivity index (χ0) is 8.10. The van der Waals surface area contributed by atoms with Crippen LogP contribution in [0.15, 0.2) is 5.10 Å². The van der Waals surface area contributed by atoms with Crippen LogP contribution in [-0.4, -0.2) is 5.71 Å². The van der Waals surface area contributed by atoms with Crippen LogP contribution in [0.5, 0.6) is 0 Å². The minimum atomic E-state index is 0.707. The molecule has 0 spiro atoms. The molecule has 2 heteroatoms. The summed E-state index contributed by atoms with van der Waals surface area (Å²) in [7, 11) is 0. The molecule has 2 nitrogen and oxygen atoms in total. The van der Waals surface area contributed by atoms with Gasteiger partial charge >= 0.3 is 0 Å². The summed E-state index contributed by atoms with van der Waals surface area (Å²) in [5, 5.41) is 3.85. The minimum absolute atomic E-state index is 0.707. The smallest absolute Gasteiger partial charge is 0.0404 e. The molecule has 1 aliphatic carbocycles. The lowest BCUT2D eigenvalue weighted by Crippen LogP contribution is -2.18. The molecule has 0 aromatic carbocycles. The first-order valence-electron chi connectivity index (χ1n) is 4.65. The highest BCUT2D eigenvalue weighted by atomic mass is 15.1. The van der Waals surface area contributed by atoms with E-state index in [1.165, 1.54) is 37.8 Å². The second-order valence-corrected chi connectivity index (χ2v) is 3.31. The second kappa shape index (κ2) is 4.37. The van der Waals surface area contributed by atoms with E-state index < -0.39 is 0 Å². The molecule has 0 amide bonds. The van der Waals surface area contributed by atoms with Gasteiger partial charge in [-0.2, -0.15) is 5.10 Å². The Labute approximate surface area is 68.9 Å². The summed E-state index contributed by atoms with van der Waals surface area (Å²) in [6.07, 6.45) is 7.78. The lowest BCUT2D eigenvalue weighted by atomic mass is 9.85. The lowest BCUT2D eigenvalue weighted by molar-refractivity contribution is 0.435. The predicted molar refractivity (Wildman–Crippen MR) is 48.5 cm³/mol. The summed E-state index contributed by atoms with van der Waals surface area (Å²) >= 11 is 0. The number of hydrogen-bond donors (Lipinski definition) is 1. The molecular formula is C9H18N2. The van der Waals surface area contributed by atoms with Gasteiger partial charge in [0.25, 0.3) is 0 Å². The number of nitrogens with zero attached hydrogens (tertiary/aromatic N) is 1. The SMILES string of the molecule is CCC(=NN)C1CCCCC1. The van der Waals surface area contributed by atoms with Gasteiger partial charge < -0.3 is 5.84 Å². The van der Waals surface area contributed by atoms with Crippen molar-refractivity contribution in [1.82, 2.24) is 0 Å². The van der Waals surface area contributed by atoms with Crippen molar-refractivity contribution in [3.05, 3.63) is 0 Å². The van der Waals surface area contributed by atoms with Gasteiger partial charge in [-0.3, -0.25) is 0 Å². The molecule has 11 heavy (non-hydrogen) atoms. The van der Waals surface area contributed by atoms with Crippen molar-refractivity contribution < 1.29 is 0 Å². The van der Waals surface area contributed by atoms with Crippen LogP contribution in [0, 0.1) is 5.92 Å². The highest BCUT2D eigenvalue weighted by molar-refractivity contribution is 5.86. The first-order chi connectivity index (χ1) is 5.38. The van der Waals surface area contributed by atoms with Gasteiger partial charge in [0.15, 0.2) is 0 Å². The van der Waals surface area contributed by atoms with Gasteiger partial charge in [0.2, 0.25) is 0 Å². The number of hydrogen-bond acceptors (Lipinski definition) is 2. The van der Waals surface area contributed by atoms with Crippen molar-refractivity contribution in [3.63, 3.8) is 0 Å². The molecule has 64 valence electrons. The van der Waals surface area contributed by atoms with Crippen molar-refractivity contribution in [2.75, 3.05) is 0 Å². The summed E-state index contributed by atoms with van der Waals surface area (Å²) in [5.41, 5.74) is 1.23. The molecular weight excluding hydrogens is 136 g/mol. The van der Waals surface area contributed by atoms with E-state index in [1.54, 1.807) is 0 Å². The van der Waals surface area contributed by atoms with Gasteiger partial charge in [-0.05, 0) is 25.2 Å². The van der Waals surface area contributed by atoms with Crippen LogP contribution in [0.25, 0.3) is 0 Å². The fraction of sp³-hybridized carbons (Fsp3) is 0.889. The molecule has 0 unspecified atom stereocenters. The standard InChI is InChI=1S/C9H18N2/c1-2-9(11-10)8-6-4-3-5-7-8/h8H,2-7,10H2,1H3. The van der Waals surface area contributed by atoms with E-state index in [2.05, 4.69) is 12.0 Å². The van der Waals surface area contributed by atoms with Gasteiger partial charge in [-0.25, -0.2) is 0 Å². The van der Waals surface area contributed by atoms with Crippen molar-refractivity contribution in [2.24, 2.45) is 16.9 Å². The molecule has 0 bridgehead atoms. The number of nitrogens with two attached hydrogens (primary N) is 1. The Kier molecular flexibility index (Phi) is 3.40. The molecule has 0 atom stereocenters. The Morgan fingerprint density at radius 1 is 1.36 bits per heavy atom. The topological polar surface area (TPSA) is 38.4 Å². The van der Waals surface area contributed by atoms with Crippen LogP contribution in [0.2, 0.25) is 0 Å². The van der Waals surface area contributed by atoms with Crippen LogP contribution < -0.4 is 5.84 Å². The molecule has 0 saturated heterocycles. The maximum atomic E-state index is 5.30.